The number of anilines is 3. The average Bonchev–Trinajstić information content (AvgIpc) is 3.04. The van der Waals surface area contributed by atoms with Crippen molar-refractivity contribution in [3.05, 3.63) is 88.4 Å². The Morgan fingerprint density at radius 3 is 2.45 bits per heavy atom. The van der Waals surface area contributed by atoms with Gasteiger partial charge in [0.05, 0.1) is 5.52 Å². The van der Waals surface area contributed by atoms with E-state index in [1.807, 2.05) is 48.5 Å². The van der Waals surface area contributed by atoms with Crippen LogP contribution in [0.25, 0.3) is 11.1 Å². The lowest BCUT2D eigenvalue weighted by Gasteiger charge is -2.17. The van der Waals surface area contributed by atoms with E-state index in [1.165, 1.54) is 9.47 Å². The maximum absolute atomic E-state index is 12.7. The predicted molar refractivity (Wildman–Crippen MR) is 115 cm³/mol. The minimum atomic E-state index is -0.571. The van der Waals surface area contributed by atoms with Gasteiger partial charge in [-0.1, -0.05) is 29.8 Å². The summed E-state index contributed by atoms with van der Waals surface area (Å²) in [4.78, 5) is 26.6. The molecule has 4 aromatic rings. The SMILES string of the molecule is CN(C(=O)Cn1c(=O)oc2ccc(Nc3ccc(Cl)cc3)cc21)c1ccccc1. The Morgan fingerprint density at radius 2 is 1.72 bits per heavy atom. The molecule has 0 unspecified atom stereocenters. The number of carbonyl (C=O) groups excluding carboxylic acids is 1. The van der Waals surface area contributed by atoms with Crippen molar-refractivity contribution in [1.29, 1.82) is 0 Å². The van der Waals surface area contributed by atoms with Crippen molar-refractivity contribution in [2.45, 2.75) is 6.54 Å². The Morgan fingerprint density at radius 1 is 1.03 bits per heavy atom. The summed E-state index contributed by atoms with van der Waals surface area (Å²) in [5.74, 6) is -0.796. The van der Waals surface area contributed by atoms with Gasteiger partial charge in [0.15, 0.2) is 5.58 Å². The smallest absolute Gasteiger partial charge is 0.408 e. The molecule has 0 aliphatic carbocycles. The van der Waals surface area contributed by atoms with E-state index in [9.17, 15) is 9.59 Å². The number of benzene rings is 3. The molecule has 1 heterocycles. The lowest BCUT2D eigenvalue weighted by Crippen LogP contribution is -2.32. The van der Waals surface area contributed by atoms with Crippen LogP contribution in [0.15, 0.2) is 82.0 Å². The van der Waals surface area contributed by atoms with Gasteiger partial charge in [-0.3, -0.25) is 9.36 Å². The van der Waals surface area contributed by atoms with Crippen LogP contribution in [0.5, 0.6) is 0 Å². The van der Waals surface area contributed by atoms with E-state index < -0.39 is 5.76 Å². The minimum absolute atomic E-state index is 0.123. The van der Waals surface area contributed by atoms with Gasteiger partial charge in [0.2, 0.25) is 5.91 Å². The summed E-state index contributed by atoms with van der Waals surface area (Å²) in [6, 6.07) is 21.8. The maximum atomic E-state index is 12.7. The molecule has 0 aliphatic heterocycles. The molecule has 146 valence electrons. The van der Waals surface area contributed by atoms with Crippen LogP contribution in [0.3, 0.4) is 0 Å². The second kappa shape index (κ2) is 7.85. The highest BCUT2D eigenvalue weighted by molar-refractivity contribution is 6.30. The van der Waals surface area contributed by atoms with Crippen LogP contribution in [0.4, 0.5) is 17.1 Å². The second-order valence-electron chi connectivity index (χ2n) is 6.56. The van der Waals surface area contributed by atoms with Crippen LogP contribution < -0.4 is 16.0 Å². The van der Waals surface area contributed by atoms with Crippen LogP contribution in [-0.4, -0.2) is 17.5 Å². The van der Waals surface area contributed by atoms with Crippen molar-refractivity contribution in [2.75, 3.05) is 17.3 Å². The van der Waals surface area contributed by atoms with E-state index in [1.54, 1.807) is 31.3 Å². The van der Waals surface area contributed by atoms with Gasteiger partial charge in [-0.2, -0.15) is 0 Å². The number of halogens is 1. The fraction of sp³-hybridized carbons (Fsp3) is 0.0909. The number of nitrogens with one attached hydrogen (secondary N) is 1. The minimum Gasteiger partial charge on any atom is -0.408 e. The molecule has 1 aromatic heterocycles. The van der Waals surface area contributed by atoms with Crippen LogP contribution in [0.2, 0.25) is 5.02 Å². The number of para-hydroxylation sites is 1. The van der Waals surface area contributed by atoms with E-state index in [4.69, 9.17) is 16.0 Å². The standard InChI is InChI=1S/C22H18ClN3O3/c1-25(18-5-3-2-4-6-18)21(27)14-26-19-13-17(11-12-20(19)29-22(26)28)24-16-9-7-15(23)8-10-16/h2-13,24H,14H2,1H3. The molecule has 0 fully saturated rings. The van der Waals surface area contributed by atoms with Crippen molar-refractivity contribution in [1.82, 2.24) is 4.57 Å². The molecule has 3 aromatic carbocycles. The first-order valence-corrected chi connectivity index (χ1v) is 9.36. The first kappa shape index (κ1) is 18.8. The number of nitrogens with zero attached hydrogens (tertiary/aromatic N) is 2. The van der Waals surface area contributed by atoms with Crippen molar-refractivity contribution < 1.29 is 9.21 Å². The highest BCUT2D eigenvalue weighted by Crippen LogP contribution is 2.23. The number of carbonyl (C=O) groups is 1. The Labute approximate surface area is 171 Å². The average molecular weight is 408 g/mol. The molecule has 0 saturated carbocycles. The van der Waals surface area contributed by atoms with Gasteiger partial charge < -0.3 is 14.6 Å². The van der Waals surface area contributed by atoms with E-state index in [0.29, 0.717) is 16.1 Å². The Bertz CT molecular complexity index is 1210. The zero-order valence-electron chi connectivity index (χ0n) is 15.6. The molecule has 1 N–H and O–H groups in total. The van der Waals surface area contributed by atoms with Gasteiger partial charge in [0.1, 0.15) is 6.54 Å². The summed E-state index contributed by atoms with van der Waals surface area (Å²) < 4.78 is 6.64. The number of hydrogen-bond donors (Lipinski definition) is 1. The summed E-state index contributed by atoms with van der Waals surface area (Å²) in [5.41, 5.74) is 3.34. The molecule has 0 radical (unpaired) electrons. The summed E-state index contributed by atoms with van der Waals surface area (Å²) in [6.45, 7) is -0.123. The fourth-order valence-corrected chi connectivity index (χ4v) is 3.15. The summed E-state index contributed by atoms with van der Waals surface area (Å²) in [5, 5.41) is 3.90. The van der Waals surface area contributed by atoms with Gasteiger partial charge in [-0.25, -0.2) is 4.79 Å². The molecule has 1 amide bonds. The third kappa shape index (κ3) is 4.02. The number of likely N-dealkylation sites (N-methyl/N-ethyl adjacent to an activating group) is 1. The van der Waals surface area contributed by atoms with Gasteiger partial charge in [-0.15, -0.1) is 0 Å². The lowest BCUT2D eigenvalue weighted by molar-refractivity contribution is -0.118. The second-order valence-corrected chi connectivity index (χ2v) is 6.99. The molecule has 7 heteroatoms. The number of amides is 1. The quantitative estimate of drug-likeness (QED) is 0.522. The van der Waals surface area contributed by atoms with Crippen LogP contribution in [-0.2, 0) is 11.3 Å². The number of fused-ring (bicyclic) bond motifs is 1. The van der Waals surface area contributed by atoms with E-state index in [0.717, 1.165) is 17.1 Å². The molecular weight excluding hydrogens is 390 g/mol. The zero-order valence-corrected chi connectivity index (χ0v) is 16.4. The number of rotatable bonds is 5. The first-order chi connectivity index (χ1) is 14.0. The third-order valence-electron chi connectivity index (χ3n) is 4.61. The fourth-order valence-electron chi connectivity index (χ4n) is 3.03. The van der Waals surface area contributed by atoms with Gasteiger partial charge in [0.25, 0.3) is 0 Å². The van der Waals surface area contributed by atoms with Crippen molar-refractivity contribution in [3.8, 4) is 0 Å². The summed E-state index contributed by atoms with van der Waals surface area (Å²) >= 11 is 5.92. The Kier molecular flexibility index (Phi) is 5.10. The van der Waals surface area contributed by atoms with Crippen LogP contribution in [0.1, 0.15) is 0 Å². The summed E-state index contributed by atoms with van der Waals surface area (Å²) in [6.07, 6.45) is 0. The Hall–Kier alpha value is -3.51. The lowest BCUT2D eigenvalue weighted by atomic mass is 10.2. The molecular formula is C22H18ClN3O3. The highest BCUT2D eigenvalue weighted by Gasteiger charge is 2.17. The monoisotopic (exact) mass is 407 g/mol. The van der Waals surface area contributed by atoms with Crippen LogP contribution >= 0.6 is 11.6 Å². The molecule has 29 heavy (non-hydrogen) atoms. The molecule has 0 saturated heterocycles. The molecule has 0 bridgehead atoms. The largest absolute Gasteiger partial charge is 0.420 e. The number of hydrogen-bond acceptors (Lipinski definition) is 4. The van der Waals surface area contributed by atoms with E-state index >= 15 is 0 Å². The third-order valence-corrected chi connectivity index (χ3v) is 4.86. The van der Waals surface area contributed by atoms with Crippen molar-refractivity contribution >= 4 is 45.7 Å². The number of oxazole rings is 1. The summed E-state index contributed by atoms with van der Waals surface area (Å²) in [7, 11) is 1.68. The maximum Gasteiger partial charge on any atom is 0.420 e. The van der Waals surface area contributed by atoms with Crippen LogP contribution in [0, 0.1) is 0 Å². The van der Waals surface area contributed by atoms with Crippen molar-refractivity contribution in [2.24, 2.45) is 0 Å². The van der Waals surface area contributed by atoms with Crippen molar-refractivity contribution in [3.63, 3.8) is 0 Å². The predicted octanol–water partition coefficient (Wildman–Crippen LogP) is 4.65. The Balaban J connectivity index is 1.62. The van der Waals surface area contributed by atoms with Gasteiger partial charge in [0, 0.05) is 29.1 Å². The van der Waals surface area contributed by atoms with E-state index in [2.05, 4.69) is 5.32 Å². The first-order valence-electron chi connectivity index (χ1n) is 8.99. The molecule has 6 nitrogen and oxygen atoms in total. The van der Waals surface area contributed by atoms with Gasteiger partial charge in [-0.05, 0) is 54.6 Å². The zero-order chi connectivity index (χ0) is 20.4. The van der Waals surface area contributed by atoms with Gasteiger partial charge >= 0.3 is 5.76 Å². The van der Waals surface area contributed by atoms with E-state index in [-0.39, 0.29) is 12.5 Å². The molecule has 0 aliphatic rings. The molecule has 0 spiro atoms. The normalized spacial score (nSPS) is 10.8. The highest BCUT2D eigenvalue weighted by atomic mass is 35.5. The number of aromatic nitrogens is 1. The topological polar surface area (TPSA) is 67.5 Å². The molecule has 0 atom stereocenters. The molecule has 4 rings (SSSR count).